The standard InChI is InChI=1S/C27H28F3N7O4/c1-26(2)40-15-20(41-26)14-39-19-10-32-24(33-11-19)35-25(38)37-18-7-4-8-36(13-18)21-12-31-22(34-23(21)37)16-5-3-6-17(9-16)27(28,29)30/h3,5-6,9-12,18,20H,4,7-8,13-15H2,1-2H3,(H,32,33,35,38)/t18-,20-/m0/s1. The maximum Gasteiger partial charge on any atom is 0.416 e. The summed E-state index contributed by atoms with van der Waals surface area (Å²) in [7, 11) is 0. The molecule has 0 unspecified atom stereocenters. The molecule has 0 spiro atoms. The summed E-state index contributed by atoms with van der Waals surface area (Å²) in [6, 6.07) is 4.12. The maximum atomic E-state index is 13.6. The number of fused-ring (bicyclic) bond motifs is 4. The average Bonchev–Trinajstić information content (AvgIpc) is 3.30. The molecule has 0 radical (unpaired) electrons. The highest BCUT2D eigenvalue weighted by molar-refractivity contribution is 6.03. The number of rotatable bonds is 5. The molecule has 3 aliphatic rings. The van der Waals surface area contributed by atoms with Crippen LogP contribution < -0.4 is 19.9 Å². The molecule has 1 N–H and O–H groups in total. The molecule has 2 fully saturated rings. The summed E-state index contributed by atoms with van der Waals surface area (Å²) in [4.78, 5) is 34.5. The van der Waals surface area contributed by atoms with E-state index >= 15 is 0 Å². The number of hydrogen-bond acceptors (Lipinski definition) is 9. The van der Waals surface area contributed by atoms with Crippen LogP contribution >= 0.6 is 0 Å². The normalized spacial score (nSPS) is 21.4. The minimum absolute atomic E-state index is 0.0656. The van der Waals surface area contributed by atoms with Crippen LogP contribution in [-0.4, -0.2) is 70.2 Å². The van der Waals surface area contributed by atoms with E-state index in [-0.39, 0.29) is 36.1 Å². The first-order chi connectivity index (χ1) is 19.6. The zero-order chi connectivity index (χ0) is 28.8. The van der Waals surface area contributed by atoms with Gasteiger partial charge in [0.05, 0.1) is 42.5 Å². The molecule has 2 amide bonds. The van der Waals surface area contributed by atoms with E-state index in [0.717, 1.165) is 31.5 Å². The zero-order valence-corrected chi connectivity index (χ0v) is 22.4. The third-order valence-electron chi connectivity index (χ3n) is 7.10. The van der Waals surface area contributed by atoms with Gasteiger partial charge in [0.15, 0.2) is 23.2 Å². The van der Waals surface area contributed by atoms with Gasteiger partial charge in [-0.1, -0.05) is 12.1 Å². The Labute approximate surface area is 233 Å². The van der Waals surface area contributed by atoms with Gasteiger partial charge in [0, 0.05) is 18.7 Å². The molecule has 11 nitrogen and oxygen atoms in total. The molecule has 2 bridgehead atoms. The number of anilines is 3. The summed E-state index contributed by atoms with van der Waals surface area (Å²) in [6.07, 6.45) is 1.33. The Kier molecular flexibility index (Phi) is 6.90. The number of amides is 2. The molecule has 3 aromatic rings. The van der Waals surface area contributed by atoms with E-state index in [4.69, 9.17) is 14.2 Å². The number of alkyl halides is 3. The van der Waals surface area contributed by atoms with Crippen molar-refractivity contribution in [1.82, 2.24) is 19.9 Å². The fourth-order valence-electron chi connectivity index (χ4n) is 5.21. The fourth-order valence-corrected chi connectivity index (χ4v) is 5.21. The Balaban J connectivity index is 1.21. The molecule has 0 saturated carbocycles. The number of halogens is 3. The monoisotopic (exact) mass is 571 g/mol. The van der Waals surface area contributed by atoms with Gasteiger partial charge in [-0.05, 0) is 38.8 Å². The third kappa shape index (κ3) is 5.75. The Morgan fingerprint density at radius 1 is 1.20 bits per heavy atom. The second-order valence-corrected chi connectivity index (χ2v) is 10.5. The predicted octanol–water partition coefficient (Wildman–Crippen LogP) is 4.50. The molecule has 6 rings (SSSR count). The summed E-state index contributed by atoms with van der Waals surface area (Å²) >= 11 is 0. The van der Waals surface area contributed by atoms with Gasteiger partial charge in [-0.2, -0.15) is 13.2 Å². The van der Waals surface area contributed by atoms with Crippen LogP contribution in [0.1, 0.15) is 32.3 Å². The van der Waals surface area contributed by atoms with Crippen molar-refractivity contribution in [3.05, 3.63) is 48.4 Å². The molecule has 41 heavy (non-hydrogen) atoms. The number of hydrogen-bond donors (Lipinski definition) is 1. The highest BCUT2D eigenvalue weighted by Gasteiger charge is 2.39. The first-order valence-electron chi connectivity index (χ1n) is 13.2. The second kappa shape index (κ2) is 10.4. The molecule has 2 aromatic heterocycles. The third-order valence-corrected chi connectivity index (χ3v) is 7.10. The van der Waals surface area contributed by atoms with E-state index in [0.29, 0.717) is 30.4 Å². The van der Waals surface area contributed by atoms with Crippen LogP contribution in [0.4, 0.5) is 35.4 Å². The zero-order valence-electron chi connectivity index (χ0n) is 22.4. The molecule has 2 atom stereocenters. The van der Waals surface area contributed by atoms with Gasteiger partial charge < -0.3 is 19.1 Å². The second-order valence-electron chi connectivity index (χ2n) is 10.5. The molecule has 14 heteroatoms. The SMILES string of the molecule is CC1(C)OC[C@H](COc2cnc(NC(=O)N3c4nc(-c5cccc(C(F)(F)F)c5)ncc4N4CCC[C@H]3C4)nc2)O1. The minimum atomic E-state index is -4.50. The van der Waals surface area contributed by atoms with Crippen LogP contribution in [0.3, 0.4) is 0 Å². The molecule has 5 heterocycles. The summed E-state index contributed by atoms with van der Waals surface area (Å²) in [5.74, 6) is 0.228. The Morgan fingerprint density at radius 2 is 2.00 bits per heavy atom. The van der Waals surface area contributed by atoms with Crippen LogP contribution in [0.25, 0.3) is 11.4 Å². The van der Waals surface area contributed by atoms with Crippen molar-refractivity contribution in [1.29, 1.82) is 0 Å². The average molecular weight is 572 g/mol. The van der Waals surface area contributed by atoms with E-state index in [1.165, 1.54) is 29.4 Å². The number of carbonyl (C=O) groups is 1. The van der Waals surface area contributed by atoms with E-state index < -0.39 is 23.6 Å². The van der Waals surface area contributed by atoms with Crippen molar-refractivity contribution in [2.75, 3.05) is 41.4 Å². The predicted molar refractivity (Wildman–Crippen MR) is 142 cm³/mol. The van der Waals surface area contributed by atoms with Crippen molar-refractivity contribution < 1.29 is 32.2 Å². The van der Waals surface area contributed by atoms with Gasteiger partial charge in [-0.3, -0.25) is 10.2 Å². The smallest absolute Gasteiger partial charge is 0.416 e. The summed E-state index contributed by atoms with van der Waals surface area (Å²) in [6.45, 7) is 5.69. The topological polar surface area (TPSA) is 115 Å². The lowest BCUT2D eigenvalue weighted by atomic mass is 10.0. The van der Waals surface area contributed by atoms with Gasteiger partial charge in [0.25, 0.3) is 0 Å². The number of urea groups is 1. The van der Waals surface area contributed by atoms with E-state index in [2.05, 4.69) is 30.2 Å². The molecule has 2 saturated heterocycles. The van der Waals surface area contributed by atoms with Gasteiger partial charge in [0.2, 0.25) is 5.95 Å². The van der Waals surface area contributed by atoms with E-state index in [1.807, 2.05) is 13.8 Å². The van der Waals surface area contributed by atoms with Crippen molar-refractivity contribution >= 4 is 23.5 Å². The lowest BCUT2D eigenvalue weighted by Crippen LogP contribution is -2.56. The first-order valence-corrected chi connectivity index (χ1v) is 13.2. The Bertz CT molecular complexity index is 1440. The molecule has 3 aliphatic heterocycles. The largest absolute Gasteiger partial charge is 0.488 e. The van der Waals surface area contributed by atoms with Crippen molar-refractivity contribution in [2.24, 2.45) is 0 Å². The van der Waals surface area contributed by atoms with E-state index in [1.54, 1.807) is 6.20 Å². The molecular formula is C27H28F3N7O4. The fraction of sp³-hybridized carbons (Fsp3) is 0.444. The number of piperidine rings is 1. The number of nitrogens with zero attached hydrogens (tertiary/aromatic N) is 6. The molecular weight excluding hydrogens is 543 g/mol. The van der Waals surface area contributed by atoms with Crippen LogP contribution in [0.2, 0.25) is 0 Å². The quantitative estimate of drug-likeness (QED) is 0.473. The van der Waals surface area contributed by atoms with Gasteiger partial charge in [0.1, 0.15) is 12.7 Å². The van der Waals surface area contributed by atoms with Crippen LogP contribution in [0.5, 0.6) is 5.75 Å². The van der Waals surface area contributed by atoms with Crippen LogP contribution in [0, 0.1) is 0 Å². The molecule has 216 valence electrons. The van der Waals surface area contributed by atoms with Crippen molar-refractivity contribution in [3.63, 3.8) is 0 Å². The van der Waals surface area contributed by atoms with Crippen LogP contribution in [0.15, 0.2) is 42.9 Å². The summed E-state index contributed by atoms with van der Waals surface area (Å²) < 4.78 is 56.9. The minimum Gasteiger partial charge on any atom is -0.488 e. The maximum absolute atomic E-state index is 13.6. The Morgan fingerprint density at radius 3 is 2.73 bits per heavy atom. The number of carbonyl (C=O) groups excluding carboxylic acids is 1. The Hall–Kier alpha value is -4.04. The molecule has 1 aromatic carbocycles. The van der Waals surface area contributed by atoms with E-state index in [9.17, 15) is 18.0 Å². The van der Waals surface area contributed by atoms with Gasteiger partial charge in [-0.25, -0.2) is 24.7 Å². The number of nitrogens with one attached hydrogen (secondary N) is 1. The number of aromatic nitrogens is 4. The van der Waals surface area contributed by atoms with Gasteiger partial charge >= 0.3 is 12.2 Å². The highest BCUT2D eigenvalue weighted by atomic mass is 19.4. The molecule has 0 aliphatic carbocycles. The number of benzene rings is 1. The van der Waals surface area contributed by atoms with Gasteiger partial charge in [-0.15, -0.1) is 0 Å². The lowest BCUT2D eigenvalue weighted by molar-refractivity contribution is -0.141. The lowest BCUT2D eigenvalue weighted by Gasteiger charge is -2.45. The van der Waals surface area contributed by atoms with Crippen LogP contribution in [-0.2, 0) is 15.7 Å². The van der Waals surface area contributed by atoms with Crippen molar-refractivity contribution in [3.8, 4) is 17.1 Å². The highest BCUT2D eigenvalue weighted by Crippen LogP contribution is 2.39. The first kappa shape index (κ1) is 27.1. The summed E-state index contributed by atoms with van der Waals surface area (Å²) in [5, 5.41) is 2.72. The summed E-state index contributed by atoms with van der Waals surface area (Å²) in [5.41, 5.74) is 0.0348. The number of ether oxygens (including phenoxy) is 3. The van der Waals surface area contributed by atoms with Crippen molar-refractivity contribution in [2.45, 2.75) is 50.8 Å².